The van der Waals surface area contributed by atoms with Gasteiger partial charge in [-0.25, -0.2) is 4.79 Å². The Morgan fingerprint density at radius 2 is 1.91 bits per heavy atom. The van der Waals surface area contributed by atoms with Crippen molar-refractivity contribution in [3.8, 4) is 11.5 Å². The number of ether oxygens (including phenoxy) is 2. The third kappa shape index (κ3) is 2.92. The van der Waals surface area contributed by atoms with Gasteiger partial charge in [-0.1, -0.05) is 42.6 Å². The Morgan fingerprint density at radius 3 is 2.57 bits per heavy atom. The standard InChI is InChI=1S/C18H22BrNO3/c1-12(2)15-16(18(20-11-21)6-3-4-7-18)13(19)10-14-17(15)23-9-5-8-22-14/h10,12H,3-9H2,1-2H3. The average molecular weight is 380 g/mol. The van der Waals surface area contributed by atoms with Gasteiger partial charge in [0.2, 0.25) is 6.08 Å². The van der Waals surface area contributed by atoms with Crippen LogP contribution in [-0.4, -0.2) is 19.3 Å². The Morgan fingerprint density at radius 1 is 1.22 bits per heavy atom. The van der Waals surface area contributed by atoms with Crippen molar-refractivity contribution in [2.24, 2.45) is 4.99 Å². The second kappa shape index (κ2) is 6.66. The summed E-state index contributed by atoms with van der Waals surface area (Å²) in [6.07, 6.45) is 6.59. The van der Waals surface area contributed by atoms with E-state index in [1.54, 1.807) is 0 Å². The van der Waals surface area contributed by atoms with E-state index in [2.05, 4.69) is 34.8 Å². The van der Waals surface area contributed by atoms with Crippen LogP contribution < -0.4 is 9.47 Å². The van der Waals surface area contributed by atoms with Crippen LogP contribution in [0.4, 0.5) is 0 Å². The fraction of sp³-hybridized carbons (Fsp3) is 0.611. The fourth-order valence-electron chi connectivity index (χ4n) is 3.79. The second-order valence-electron chi connectivity index (χ2n) is 6.62. The molecule has 1 heterocycles. The highest BCUT2D eigenvalue weighted by Crippen LogP contribution is 2.52. The van der Waals surface area contributed by atoms with Crippen molar-refractivity contribution < 1.29 is 14.3 Å². The Bertz CT molecular complexity index is 644. The number of benzene rings is 1. The van der Waals surface area contributed by atoms with Crippen molar-refractivity contribution in [3.05, 3.63) is 21.7 Å². The van der Waals surface area contributed by atoms with Crippen LogP contribution in [0.5, 0.6) is 11.5 Å². The lowest BCUT2D eigenvalue weighted by Crippen LogP contribution is -2.23. The molecule has 3 rings (SSSR count). The normalized spacial score (nSPS) is 19.3. The van der Waals surface area contributed by atoms with Crippen LogP contribution in [0.15, 0.2) is 15.5 Å². The molecule has 0 N–H and O–H groups in total. The van der Waals surface area contributed by atoms with Crippen LogP contribution in [0, 0.1) is 0 Å². The zero-order valence-electron chi connectivity index (χ0n) is 13.7. The minimum absolute atomic E-state index is 0.247. The van der Waals surface area contributed by atoms with Gasteiger partial charge in [0.05, 0.1) is 18.8 Å². The maximum Gasteiger partial charge on any atom is 0.235 e. The zero-order valence-corrected chi connectivity index (χ0v) is 15.2. The number of isocyanates is 1. The van der Waals surface area contributed by atoms with Gasteiger partial charge in [0.25, 0.3) is 0 Å². The summed E-state index contributed by atoms with van der Waals surface area (Å²) in [7, 11) is 0. The van der Waals surface area contributed by atoms with Crippen LogP contribution in [-0.2, 0) is 10.3 Å². The van der Waals surface area contributed by atoms with Crippen molar-refractivity contribution in [1.82, 2.24) is 0 Å². The van der Waals surface area contributed by atoms with Crippen LogP contribution in [0.3, 0.4) is 0 Å². The highest BCUT2D eigenvalue weighted by molar-refractivity contribution is 9.10. The van der Waals surface area contributed by atoms with E-state index in [-0.39, 0.29) is 5.92 Å². The molecule has 0 atom stereocenters. The molecule has 4 nitrogen and oxygen atoms in total. The maximum absolute atomic E-state index is 11.1. The summed E-state index contributed by atoms with van der Waals surface area (Å²) in [6.45, 7) is 5.60. The van der Waals surface area contributed by atoms with Crippen LogP contribution >= 0.6 is 15.9 Å². The van der Waals surface area contributed by atoms with Crippen molar-refractivity contribution in [3.63, 3.8) is 0 Å². The first-order chi connectivity index (χ1) is 11.1. The third-order valence-corrected chi connectivity index (χ3v) is 5.39. The number of nitrogens with zero attached hydrogens (tertiary/aromatic N) is 1. The summed E-state index contributed by atoms with van der Waals surface area (Å²) in [5.74, 6) is 1.85. The lowest BCUT2D eigenvalue weighted by atomic mass is 9.81. The van der Waals surface area contributed by atoms with Gasteiger partial charge in [0, 0.05) is 22.0 Å². The van der Waals surface area contributed by atoms with Gasteiger partial charge in [0.15, 0.2) is 11.5 Å². The number of carbonyl (C=O) groups excluding carboxylic acids is 1. The largest absolute Gasteiger partial charge is 0.490 e. The summed E-state index contributed by atoms with van der Waals surface area (Å²) in [6, 6.07) is 1.97. The van der Waals surface area contributed by atoms with Gasteiger partial charge < -0.3 is 9.47 Å². The lowest BCUT2D eigenvalue weighted by molar-refractivity contribution is 0.295. The monoisotopic (exact) mass is 379 g/mol. The third-order valence-electron chi connectivity index (χ3n) is 4.76. The van der Waals surface area contributed by atoms with E-state index in [1.807, 2.05) is 12.1 Å². The molecule has 23 heavy (non-hydrogen) atoms. The molecule has 1 aliphatic heterocycles. The van der Waals surface area contributed by atoms with E-state index in [1.165, 1.54) is 0 Å². The van der Waals surface area contributed by atoms with Gasteiger partial charge in [-0.15, -0.1) is 0 Å². The Labute approximate surface area is 145 Å². The second-order valence-corrected chi connectivity index (χ2v) is 7.48. The molecule has 0 saturated heterocycles. The number of aliphatic imine (C=N–C) groups is 1. The zero-order chi connectivity index (χ0) is 16.4. The average Bonchev–Trinajstić information content (AvgIpc) is 2.85. The van der Waals surface area contributed by atoms with Gasteiger partial charge in [0.1, 0.15) is 0 Å². The molecule has 1 aliphatic carbocycles. The number of halogens is 1. The van der Waals surface area contributed by atoms with Crippen LogP contribution in [0.1, 0.15) is 63.0 Å². The van der Waals surface area contributed by atoms with E-state index in [0.717, 1.165) is 59.2 Å². The van der Waals surface area contributed by atoms with Crippen LogP contribution in [0.2, 0.25) is 0 Å². The molecule has 0 bridgehead atoms. The fourth-order valence-corrected chi connectivity index (χ4v) is 4.58. The first-order valence-electron chi connectivity index (χ1n) is 8.30. The molecular weight excluding hydrogens is 358 g/mol. The molecule has 2 aliphatic rings. The minimum Gasteiger partial charge on any atom is -0.490 e. The highest BCUT2D eigenvalue weighted by atomic mass is 79.9. The summed E-state index contributed by atoms with van der Waals surface area (Å²) >= 11 is 3.71. The van der Waals surface area contributed by atoms with E-state index in [9.17, 15) is 4.79 Å². The number of hydrogen-bond donors (Lipinski definition) is 0. The molecule has 5 heteroatoms. The number of rotatable bonds is 3. The van der Waals surface area contributed by atoms with E-state index < -0.39 is 5.54 Å². The van der Waals surface area contributed by atoms with E-state index in [0.29, 0.717) is 13.2 Å². The van der Waals surface area contributed by atoms with E-state index >= 15 is 0 Å². The number of hydrogen-bond acceptors (Lipinski definition) is 4. The van der Waals surface area contributed by atoms with Crippen molar-refractivity contribution in [1.29, 1.82) is 0 Å². The molecule has 1 aromatic carbocycles. The quantitative estimate of drug-likeness (QED) is 0.557. The van der Waals surface area contributed by atoms with E-state index in [4.69, 9.17) is 9.47 Å². The van der Waals surface area contributed by atoms with Gasteiger partial charge >= 0.3 is 0 Å². The molecule has 1 aromatic rings. The Balaban J connectivity index is 2.27. The Kier molecular flexibility index (Phi) is 4.79. The molecule has 0 spiro atoms. The highest BCUT2D eigenvalue weighted by Gasteiger charge is 2.41. The topological polar surface area (TPSA) is 47.9 Å². The van der Waals surface area contributed by atoms with Crippen molar-refractivity contribution in [2.45, 2.75) is 57.4 Å². The minimum atomic E-state index is -0.481. The lowest BCUT2D eigenvalue weighted by Gasteiger charge is -2.30. The predicted octanol–water partition coefficient (Wildman–Crippen LogP) is 4.84. The molecule has 0 aromatic heterocycles. The Hall–Kier alpha value is -1.32. The molecule has 124 valence electrons. The van der Waals surface area contributed by atoms with Gasteiger partial charge in [-0.05, 0) is 24.8 Å². The van der Waals surface area contributed by atoms with Crippen LogP contribution in [0.25, 0.3) is 0 Å². The maximum atomic E-state index is 11.1. The molecular formula is C18H22BrNO3. The molecule has 1 saturated carbocycles. The smallest absolute Gasteiger partial charge is 0.235 e. The van der Waals surface area contributed by atoms with Gasteiger partial charge in [-0.3, -0.25) is 0 Å². The molecule has 0 radical (unpaired) electrons. The molecule has 1 fully saturated rings. The summed E-state index contributed by atoms with van der Waals surface area (Å²) in [5.41, 5.74) is 1.71. The van der Waals surface area contributed by atoms with Crippen molar-refractivity contribution >= 4 is 22.0 Å². The number of fused-ring (bicyclic) bond motifs is 1. The summed E-state index contributed by atoms with van der Waals surface area (Å²) in [5, 5.41) is 0. The first kappa shape index (κ1) is 16.5. The SMILES string of the molecule is CC(C)c1c2c(cc(Br)c1C1(N=C=O)CCCC1)OCCCO2. The predicted molar refractivity (Wildman–Crippen MR) is 92.1 cm³/mol. The molecule has 0 unspecified atom stereocenters. The first-order valence-corrected chi connectivity index (χ1v) is 9.10. The van der Waals surface area contributed by atoms with Gasteiger partial charge in [-0.2, -0.15) is 4.99 Å². The summed E-state index contributed by atoms with van der Waals surface area (Å²) in [4.78, 5) is 15.4. The van der Waals surface area contributed by atoms with Crippen molar-refractivity contribution in [2.75, 3.05) is 13.2 Å². The molecule has 0 amide bonds. The summed E-state index contributed by atoms with van der Waals surface area (Å²) < 4.78 is 12.9.